The van der Waals surface area contributed by atoms with Crippen LogP contribution in [0.25, 0.3) is 5.76 Å². The Kier molecular flexibility index (Phi) is 2.29. The number of ether oxygens (including phenoxy) is 1. The summed E-state index contributed by atoms with van der Waals surface area (Å²) in [6, 6.07) is 7.07. The fourth-order valence-corrected chi connectivity index (χ4v) is 2.88. The van der Waals surface area contributed by atoms with Gasteiger partial charge in [-0.15, -0.1) is 0 Å². The number of ketones is 2. The molecule has 0 N–H and O–H groups in total. The summed E-state index contributed by atoms with van der Waals surface area (Å²) in [7, 11) is 0. The summed E-state index contributed by atoms with van der Waals surface area (Å²) in [6.07, 6.45) is 0. The Balaban J connectivity index is 2.28. The molecule has 0 bridgehead atoms. The maximum absolute atomic E-state index is 12.2. The molecule has 0 radical (unpaired) electrons. The van der Waals surface area contributed by atoms with Crippen molar-refractivity contribution in [1.29, 1.82) is 0 Å². The molecule has 3 rings (SSSR count). The highest BCUT2D eigenvalue weighted by molar-refractivity contribution is 9.09. The molecule has 3 nitrogen and oxygen atoms in total. The van der Waals surface area contributed by atoms with Crippen molar-refractivity contribution in [2.24, 2.45) is 0 Å². The molecule has 0 amide bonds. The maximum atomic E-state index is 12.2. The molecule has 1 unspecified atom stereocenters. The predicted octanol–water partition coefficient (Wildman–Crippen LogP) is 2.74. The van der Waals surface area contributed by atoms with Gasteiger partial charge in [0.1, 0.15) is 11.4 Å². The van der Waals surface area contributed by atoms with Crippen molar-refractivity contribution in [3.63, 3.8) is 0 Å². The lowest BCUT2D eigenvalue weighted by Crippen LogP contribution is -2.33. The van der Waals surface area contributed by atoms with Crippen LogP contribution in [0.2, 0.25) is 0 Å². The lowest BCUT2D eigenvalue weighted by molar-refractivity contribution is -0.111. The average molecular weight is 307 g/mol. The molecule has 2 aliphatic rings. The zero-order chi connectivity index (χ0) is 13.1. The number of carbonyl (C=O) groups is 2. The Morgan fingerprint density at radius 2 is 1.72 bits per heavy atom. The third-order valence-electron chi connectivity index (χ3n) is 3.34. The summed E-state index contributed by atoms with van der Waals surface area (Å²) in [5.74, 6) is -0.367. The van der Waals surface area contributed by atoms with Gasteiger partial charge in [-0.05, 0) is 13.8 Å². The van der Waals surface area contributed by atoms with Gasteiger partial charge in [-0.25, -0.2) is 0 Å². The van der Waals surface area contributed by atoms with E-state index >= 15 is 0 Å². The van der Waals surface area contributed by atoms with Crippen molar-refractivity contribution < 1.29 is 14.3 Å². The molecule has 1 aliphatic carbocycles. The molecule has 0 saturated carbocycles. The molecular formula is C14H11BrO3. The van der Waals surface area contributed by atoms with E-state index in [1.165, 1.54) is 0 Å². The van der Waals surface area contributed by atoms with Gasteiger partial charge in [0.25, 0.3) is 0 Å². The first-order chi connectivity index (χ1) is 8.43. The van der Waals surface area contributed by atoms with Gasteiger partial charge in [-0.2, -0.15) is 0 Å². The topological polar surface area (TPSA) is 43.4 Å². The van der Waals surface area contributed by atoms with Gasteiger partial charge in [0, 0.05) is 11.1 Å². The van der Waals surface area contributed by atoms with Crippen LogP contribution in [0.5, 0.6) is 0 Å². The van der Waals surface area contributed by atoms with Crippen LogP contribution in [0.1, 0.15) is 29.8 Å². The SMILES string of the molecule is CC1(C)OC2=C(C(=O)C(=O)c3ccccc32)C1Br. The second-order valence-corrected chi connectivity index (χ2v) is 5.93. The van der Waals surface area contributed by atoms with Gasteiger partial charge in [-0.3, -0.25) is 9.59 Å². The predicted molar refractivity (Wildman–Crippen MR) is 70.6 cm³/mol. The van der Waals surface area contributed by atoms with Crippen molar-refractivity contribution >= 4 is 33.3 Å². The minimum atomic E-state index is -0.530. The van der Waals surface area contributed by atoms with Crippen molar-refractivity contribution in [3.8, 4) is 0 Å². The summed E-state index contributed by atoms with van der Waals surface area (Å²) < 4.78 is 5.87. The number of Topliss-reactive ketones (excluding diaryl/α,β-unsaturated/α-hetero) is 2. The first-order valence-electron chi connectivity index (χ1n) is 5.69. The highest BCUT2D eigenvalue weighted by Gasteiger charge is 2.49. The Bertz CT molecular complexity index is 613. The van der Waals surface area contributed by atoms with Crippen LogP contribution in [0.4, 0.5) is 0 Å². The number of halogens is 1. The Hall–Kier alpha value is -1.42. The normalized spacial score (nSPS) is 24.7. The minimum absolute atomic E-state index is 0.259. The van der Waals surface area contributed by atoms with Crippen LogP contribution in [0, 0.1) is 0 Å². The smallest absolute Gasteiger partial charge is 0.234 e. The molecule has 0 spiro atoms. The first-order valence-corrected chi connectivity index (χ1v) is 6.61. The highest BCUT2D eigenvalue weighted by atomic mass is 79.9. The van der Waals surface area contributed by atoms with E-state index in [2.05, 4.69) is 15.9 Å². The monoisotopic (exact) mass is 306 g/mol. The number of carbonyl (C=O) groups excluding carboxylic acids is 2. The van der Waals surface area contributed by atoms with Crippen LogP contribution in [0.15, 0.2) is 29.8 Å². The van der Waals surface area contributed by atoms with Crippen molar-refractivity contribution in [1.82, 2.24) is 0 Å². The zero-order valence-electron chi connectivity index (χ0n) is 9.99. The molecule has 1 aromatic carbocycles. The number of hydrogen-bond acceptors (Lipinski definition) is 3. The first kappa shape index (κ1) is 11.7. The fraction of sp³-hybridized carbons (Fsp3) is 0.286. The molecule has 0 fully saturated rings. The molecule has 1 heterocycles. The third kappa shape index (κ3) is 1.35. The zero-order valence-corrected chi connectivity index (χ0v) is 11.6. The van der Waals surface area contributed by atoms with Crippen LogP contribution < -0.4 is 0 Å². The fourth-order valence-electron chi connectivity index (χ4n) is 2.37. The van der Waals surface area contributed by atoms with Gasteiger partial charge in [0.2, 0.25) is 11.6 Å². The second kappa shape index (κ2) is 3.54. The van der Waals surface area contributed by atoms with E-state index in [9.17, 15) is 9.59 Å². The number of fused-ring (bicyclic) bond motifs is 2. The molecule has 0 saturated heterocycles. The molecule has 4 heteroatoms. The second-order valence-electron chi connectivity index (χ2n) is 5.01. The van der Waals surface area contributed by atoms with Crippen LogP contribution in [0.3, 0.4) is 0 Å². The van der Waals surface area contributed by atoms with Gasteiger partial charge >= 0.3 is 0 Å². The van der Waals surface area contributed by atoms with Gasteiger partial charge in [0.15, 0.2) is 0 Å². The average Bonchev–Trinajstić information content (AvgIpc) is 2.58. The van der Waals surface area contributed by atoms with Gasteiger partial charge in [0.05, 0.1) is 10.4 Å². The molecule has 1 aromatic rings. The van der Waals surface area contributed by atoms with Gasteiger partial charge in [-0.1, -0.05) is 40.2 Å². The van der Waals surface area contributed by atoms with Crippen molar-refractivity contribution in [2.45, 2.75) is 24.3 Å². The quantitative estimate of drug-likeness (QED) is 0.547. The lowest BCUT2D eigenvalue weighted by atomic mass is 9.86. The summed E-state index contributed by atoms with van der Waals surface area (Å²) in [4.78, 5) is 23.9. The Morgan fingerprint density at radius 3 is 2.39 bits per heavy atom. The van der Waals surface area contributed by atoms with Crippen molar-refractivity contribution in [2.75, 3.05) is 0 Å². The number of rotatable bonds is 0. The Morgan fingerprint density at radius 1 is 1.11 bits per heavy atom. The van der Waals surface area contributed by atoms with E-state index in [0.29, 0.717) is 22.5 Å². The Labute approximate surface area is 113 Å². The molecule has 0 aromatic heterocycles. The molecule has 1 aliphatic heterocycles. The summed E-state index contributed by atoms with van der Waals surface area (Å²) in [5, 5.41) is 0. The molecule has 1 atom stereocenters. The summed E-state index contributed by atoms with van der Waals surface area (Å²) >= 11 is 3.47. The number of benzene rings is 1. The molecular weight excluding hydrogens is 296 g/mol. The highest BCUT2D eigenvalue weighted by Crippen LogP contribution is 2.46. The van der Waals surface area contributed by atoms with E-state index in [0.717, 1.165) is 0 Å². The number of alkyl halides is 1. The molecule has 92 valence electrons. The van der Waals surface area contributed by atoms with Crippen LogP contribution in [-0.2, 0) is 9.53 Å². The van der Waals surface area contributed by atoms with Gasteiger partial charge < -0.3 is 4.74 Å². The summed E-state index contributed by atoms with van der Waals surface area (Å²) in [6.45, 7) is 3.79. The van der Waals surface area contributed by atoms with E-state index in [4.69, 9.17) is 4.74 Å². The standard InChI is InChI=1S/C14H11BrO3/c1-14(2)13(15)9-11(17)10(16)7-5-3-4-6-8(7)12(9)18-14/h3-6,13H,1-2H3. The largest absolute Gasteiger partial charge is 0.485 e. The van der Waals surface area contributed by atoms with E-state index in [1.807, 2.05) is 26.0 Å². The van der Waals surface area contributed by atoms with Crippen molar-refractivity contribution in [3.05, 3.63) is 41.0 Å². The maximum Gasteiger partial charge on any atom is 0.234 e. The van der Waals surface area contributed by atoms with E-state index in [1.54, 1.807) is 12.1 Å². The van der Waals surface area contributed by atoms with E-state index in [-0.39, 0.29) is 4.83 Å². The third-order valence-corrected chi connectivity index (χ3v) is 4.90. The minimum Gasteiger partial charge on any atom is -0.485 e. The lowest BCUT2D eigenvalue weighted by Gasteiger charge is -2.23. The number of hydrogen-bond donors (Lipinski definition) is 0. The van der Waals surface area contributed by atoms with Crippen LogP contribution in [-0.4, -0.2) is 22.0 Å². The van der Waals surface area contributed by atoms with E-state index < -0.39 is 17.2 Å². The van der Waals surface area contributed by atoms with Crippen LogP contribution >= 0.6 is 15.9 Å². The molecule has 18 heavy (non-hydrogen) atoms. The summed E-state index contributed by atoms with van der Waals surface area (Å²) in [5.41, 5.74) is 1.06.